The van der Waals surface area contributed by atoms with Crippen LogP contribution in [0.5, 0.6) is 11.5 Å². The van der Waals surface area contributed by atoms with Crippen molar-refractivity contribution in [2.75, 3.05) is 32.7 Å². The van der Waals surface area contributed by atoms with Gasteiger partial charge < -0.3 is 19.7 Å². The highest BCUT2D eigenvalue weighted by Gasteiger charge is 2.21. The summed E-state index contributed by atoms with van der Waals surface area (Å²) in [5.74, 6) is 1.35. The van der Waals surface area contributed by atoms with E-state index in [9.17, 15) is 9.59 Å². The van der Waals surface area contributed by atoms with Gasteiger partial charge in [0.1, 0.15) is 0 Å². The summed E-state index contributed by atoms with van der Waals surface area (Å²) in [4.78, 5) is 25.9. The third kappa shape index (κ3) is 4.05. The molecule has 0 aliphatic carbocycles. The number of hydrogen-bond donors (Lipinski definition) is 1. The molecule has 1 aliphatic heterocycles. The lowest BCUT2D eigenvalue weighted by molar-refractivity contribution is -0.118. The van der Waals surface area contributed by atoms with E-state index in [0.717, 1.165) is 16.8 Å². The molecule has 6 heteroatoms. The summed E-state index contributed by atoms with van der Waals surface area (Å²) >= 11 is 0. The minimum atomic E-state index is -0.113. The lowest BCUT2D eigenvalue weighted by Crippen LogP contribution is -2.31. The molecule has 0 aromatic heterocycles. The summed E-state index contributed by atoms with van der Waals surface area (Å²) < 4.78 is 10.5. The van der Waals surface area contributed by atoms with E-state index in [1.54, 1.807) is 32.2 Å². The van der Waals surface area contributed by atoms with Gasteiger partial charge in [0.05, 0.1) is 14.2 Å². The van der Waals surface area contributed by atoms with Gasteiger partial charge in [-0.15, -0.1) is 0 Å². The molecule has 0 radical (unpaired) electrons. The number of anilines is 1. The molecule has 0 saturated carbocycles. The van der Waals surface area contributed by atoms with E-state index in [2.05, 4.69) is 5.32 Å². The number of amides is 2. The van der Waals surface area contributed by atoms with Gasteiger partial charge in [-0.05, 0) is 54.3 Å². The Bertz CT molecular complexity index is 863. The number of nitrogens with one attached hydrogen (secondary N) is 1. The van der Waals surface area contributed by atoms with Crippen LogP contribution >= 0.6 is 0 Å². The number of carbonyl (C=O) groups excluding carboxylic acids is 2. The first kappa shape index (κ1) is 18.8. The predicted molar refractivity (Wildman–Crippen MR) is 104 cm³/mol. The fourth-order valence-corrected chi connectivity index (χ4v) is 3.26. The van der Waals surface area contributed by atoms with Gasteiger partial charge in [0.25, 0.3) is 5.91 Å². The SMILES string of the molecule is COc1ccc(CCNC(=O)c2ccc3c(c2)CCC(=O)N3C)cc1OC. The van der Waals surface area contributed by atoms with Crippen LogP contribution in [0.1, 0.15) is 27.9 Å². The second-order valence-electron chi connectivity index (χ2n) is 6.49. The van der Waals surface area contributed by atoms with Crippen LogP contribution in [0.15, 0.2) is 36.4 Å². The highest BCUT2D eigenvalue weighted by atomic mass is 16.5. The Hall–Kier alpha value is -3.02. The Morgan fingerprint density at radius 1 is 1.07 bits per heavy atom. The first-order chi connectivity index (χ1) is 13.0. The van der Waals surface area contributed by atoms with Crippen LogP contribution < -0.4 is 19.7 Å². The number of rotatable bonds is 6. The normalized spacial score (nSPS) is 13.1. The maximum Gasteiger partial charge on any atom is 0.251 e. The smallest absolute Gasteiger partial charge is 0.251 e. The van der Waals surface area contributed by atoms with Crippen molar-refractivity contribution in [2.45, 2.75) is 19.3 Å². The van der Waals surface area contributed by atoms with Crippen molar-refractivity contribution < 1.29 is 19.1 Å². The number of ether oxygens (including phenoxy) is 2. The van der Waals surface area contributed by atoms with Crippen molar-refractivity contribution in [3.63, 3.8) is 0 Å². The van der Waals surface area contributed by atoms with Gasteiger partial charge in [0, 0.05) is 31.3 Å². The molecule has 0 atom stereocenters. The highest BCUT2D eigenvalue weighted by Crippen LogP contribution is 2.28. The van der Waals surface area contributed by atoms with E-state index >= 15 is 0 Å². The number of carbonyl (C=O) groups is 2. The molecular weight excluding hydrogens is 344 g/mol. The molecule has 1 heterocycles. The van der Waals surface area contributed by atoms with Gasteiger partial charge in [-0.1, -0.05) is 6.07 Å². The fourth-order valence-electron chi connectivity index (χ4n) is 3.26. The fraction of sp³-hybridized carbons (Fsp3) is 0.333. The van der Waals surface area contributed by atoms with Gasteiger partial charge in [-0.2, -0.15) is 0 Å². The van der Waals surface area contributed by atoms with E-state index in [4.69, 9.17) is 9.47 Å². The lowest BCUT2D eigenvalue weighted by atomic mass is 9.99. The molecule has 0 saturated heterocycles. The van der Waals surface area contributed by atoms with Crippen LogP contribution in [-0.2, 0) is 17.6 Å². The number of nitrogens with zero attached hydrogens (tertiary/aromatic N) is 1. The molecule has 6 nitrogen and oxygen atoms in total. The van der Waals surface area contributed by atoms with Crippen LogP contribution in [0.2, 0.25) is 0 Å². The minimum Gasteiger partial charge on any atom is -0.493 e. The minimum absolute atomic E-state index is 0.106. The van der Waals surface area contributed by atoms with E-state index < -0.39 is 0 Å². The third-order valence-electron chi connectivity index (χ3n) is 4.83. The second-order valence-corrected chi connectivity index (χ2v) is 6.49. The monoisotopic (exact) mass is 368 g/mol. The first-order valence-electron chi connectivity index (χ1n) is 8.92. The standard InChI is InChI=1S/C21H24N2O4/c1-23-17-7-5-16(13-15(17)6-9-20(23)24)21(25)22-11-10-14-4-8-18(26-2)19(12-14)27-3/h4-5,7-8,12-13H,6,9-11H2,1-3H3,(H,22,25). The van der Waals surface area contributed by atoms with E-state index in [0.29, 0.717) is 42.9 Å². The molecule has 2 aromatic carbocycles. The molecule has 1 N–H and O–H groups in total. The van der Waals surface area contributed by atoms with Gasteiger partial charge in [0.2, 0.25) is 5.91 Å². The van der Waals surface area contributed by atoms with Crippen molar-refractivity contribution in [2.24, 2.45) is 0 Å². The van der Waals surface area contributed by atoms with Crippen molar-refractivity contribution in [1.82, 2.24) is 5.32 Å². The van der Waals surface area contributed by atoms with Gasteiger partial charge in [-0.3, -0.25) is 9.59 Å². The average molecular weight is 368 g/mol. The molecule has 3 rings (SSSR count). The predicted octanol–water partition coefficient (Wildman–Crippen LogP) is 2.59. The Morgan fingerprint density at radius 2 is 1.85 bits per heavy atom. The quantitative estimate of drug-likeness (QED) is 0.851. The van der Waals surface area contributed by atoms with Crippen molar-refractivity contribution in [3.8, 4) is 11.5 Å². The number of methoxy groups -OCH3 is 2. The first-order valence-corrected chi connectivity index (χ1v) is 8.92. The molecular formula is C21H24N2O4. The van der Waals surface area contributed by atoms with Crippen LogP contribution in [0.3, 0.4) is 0 Å². The zero-order valence-electron chi connectivity index (χ0n) is 15.9. The van der Waals surface area contributed by atoms with Crippen LogP contribution in [0.4, 0.5) is 5.69 Å². The highest BCUT2D eigenvalue weighted by molar-refractivity contribution is 5.98. The van der Waals surface area contributed by atoms with Gasteiger partial charge >= 0.3 is 0 Å². The second kappa shape index (κ2) is 8.12. The van der Waals surface area contributed by atoms with E-state index in [1.165, 1.54) is 0 Å². The van der Waals surface area contributed by atoms with Crippen molar-refractivity contribution in [3.05, 3.63) is 53.1 Å². The van der Waals surface area contributed by atoms with Crippen LogP contribution in [-0.4, -0.2) is 39.6 Å². The maximum absolute atomic E-state index is 12.5. The molecule has 0 unspecified atom stereocenters. The van der Waals surface area contributed by atoms with Crippen molar-refractivity contribution in [1.29, 1.82) is 0 Å². The largest absolute Gasteiger partial charge is 0.493 e. The van der Waals surface area contributed by atoms with Gasteiger partial charge in [0.15, 0.2) is 11.5 Å². The molecule has 27 heavy (non-hydrogen) atoms. The van der Waals surface area contributed by atoms with E-state index in [1.807, 2.05) is 30.3 Å². The average Bonchev–Trinajstić information content (AvgIpc) is 2.70. The lowest BCUT2D eigenvalue weighted by Gasteiger charge is -2.26. The number of hydrogen-bond acceptors (Lipinski definition) is 4. The molecule has 2 aromatic rings. The van der Waals surface area contributed by atoms with Crippen molar-refractivity contribution >= 4 is 17.5 Å². The zero-order chi connectivity index (χ0) is 19.4. The summed E-state index contributed by atoms with van der Waals surface area (Å²) in [6, 6.07) is 11.2. The number of aryl methyl sites for hydroxylation is 1. The summed E-state index contributed by atoms with van der Waals surface area (Å²) in [5.41, 5.74) is 3.58. The molecule has 0 fully saturated rings. The molecule has 142 valence electrons. The maximum atomic E-state index is 12.5. The summed E-state index contributed by atoms with van der Waals surface area (Å²) in [5, 5.41) is 2.95. The number of benzene rings is 2. The Morgan fingerprint density at radius 3 is 2.59 bits per heavy atom. The molecule has 0 spiro atoms. The van der Waals surface area contributed by atoms with E-state index in [-0.39, 0.29) is 11.8 Å². The number of fused-ring (bicyclic) bond motifs is 1. The Kier molecular flexibility index (Phi) is 5.64. The van der Waals surface area contributed by atoms with Crippen LogP contribution in [0.25, 0.3) is 0 Å². The topological polar surface area (TPSA) is 67.9 Å². The summed E-state index contributed by atoms with van der Waals surface area (Å²) in [6.45, 7) is 0.518. The molecule has 1 aliphatic rings. The molecule has 0 bridgehead atoms. The summed E-state index contributed by atoms with van der Waals surface area (Å²) in [7, 11) is 4.97. The van der Waals surface area contributed by atoms with Crippen LogP contribution in [0, 0.1) is 0 Å². The Balaban J connectivity index is 1.61. The summed E-state index contributed by atoms with van der Waals surface area (Å²) in [6.07, 6.45) is 1.84. The van der Waals surface area contributed by atoms with Gasteiger partial charge in [-0.25, -0.2) is 0 Å². The third-order valence-corrected chi connectivity index (χ3v) is 4.83. The zero-order valence-corrected chi connectivity index (χ0v) is 15.9. The molecule has 2 amide bonds. The Labute approximate surface area is 159 Å².